The van der Waals surface area contributed by atoms with Crippen LogP contribution in [0, 0.1) is 5.92 Å². The number of thiazole rings is 1. The number of fused-ring (bicyclic) bond motifs is 8. The smallest absolute Gasteiger partial charge is 0.333 e. The Bertz CT molecular complexity index is 1750. The van der Waals surface area contributed by atoms with Gasteiger partial charge in [-0.2, -0.15) is 19.0 Å². The van der Waals surface area contributed by atoms with Crippen molar-refractivity contribution in [3.8, 4) is 10.4 Å². The van der Waals surface area contributed by atoms with Gasteiger partial charge < -0.3 is 10.3 Å². The Hall–Kier alpha value is -3.71. The van der Waals surface area contributed by atoms with E-state index in [0.29, 0.717) is 60.0 Å². The van der Waals surface area contributed by atoms with Crippen molar-refractivity contribution in [1.82, 2.24) is 39.6 Å². The molecule has 2 bridgehead atoms. The first kappa shape index (κ1) is 23.4. The van der Waals surface area contributed by atoms with Gasteiger partial charge in [0.1, 0.15) is 21.3 Å². The third kappa shape index (κ3) is 3.88. The number of rotatable bonds is 6. The lowest BCUT2D eigenvalue weighted by molar-refractivity contribution is 0.0494. The van der Waals surface area contributed by atoms with Gasteiger partial charge in [-0.15, -0.1) is 11.3 Å². The zero-order valence-electron chi connectivity index (χ0n) is 20.2. The number of hydrogen-bond donors (Lipinski definition) is 2. The fourth-order valence-electron chi connectivity index (χ4n) is 5.84. The maximum Gasteiger partial charge on any atom is 0.333 e. The lowest BCUT2D eigenvalue weighted by Gasteiger charge is -2.45. The molecule has 3 aliphatic rings. The summed E-state index contributed by atoms with van der Waals surface area (Å²) in [6.45, 7) is -0.212. The molecular formula is C25H24F2N8O2S. The van der Waals surface area contributed by atoms with Crippen molar-refractivity contribution >= 4 is 44.0 Å². The van der Waals surface area contributed by atoms with Crippen LogP contribution in [0.2, 0.25) is 0 Å². The van der Waals surface area contributed by atoms with Crippen LogP contribution in [0.4, 0.5) is 8.78 Å². The number of halogens is 2. The summed E-state index contributed by atoms with van der Waals surface area (Å²) < 4.78 is 27.9. The van der Waals surface area contributed by atoms with E-state index < -0.39 is 6.55 Å². The molecule has 2 N–H and O–H groups in total. The minimum atomic E-state index is -2.73. The lowest BCUT2D eigenvalue weighted by Crippen LogP contribution is -2.50. The molecular weight excluding hydrogens is 514 g/mol. The SMILES string of the molecule is O=C(NCCN1CC2CCC1CC2)c1cnc2c(c1)[nH]c(=O)c1c2nn2cc(-c3cnn(C(F)F)c3)sc12. The van der Waals surface area contributed by atoms with Crippen molar-refractivity contribution in [3.63, 3.8) is 0 Å². The summed E-state index contributed by atoms with van der Waals surface area (Å²) in [6.07, 6.45) is 10.9. The predicted octanol–water partition coefficient (Wildman–Crippen LogP) is 3.65. The van der Waals surface area contributed by atoms with Gasteiger partial charge >= 0.3 is 6.55 Å². The molecule has 0 radical (unpaired) electrons. The molecule has 1 saturated carbocycles. The van der Waals surface area contributed by atoms with Gasteiger partial charge in [-0.1, -0.05) is 0 Å². The number of aromatic nitrogens is 6. The summed E-state index contributed by atoms with van der Waals surface area (Å²) >= 11 is 1.25. The van der Waals surface area contributed by atoms with Crippen LogP contribution in [0.25, 0.3) is 37.2 Å². The molecule has 3 fully saturated rings. The summed E-state index contributed by atoms with van der Waals surface area (Å²) in [6, 6.07) is 2.27. The molecule has 13 heteroatoms. The monoisotopic (exact) mass is 538 g/mol. The summed E-state index contributed by atoms with van der Waals surface area (Å²) in [5.41, 5.74) is 1.83. The highest BCUT2D eigenvalue weighted by Gasteiger charge is 2.33. The van der Waals surface area contributed by atoms with E-state index in [1.807, 2.05) is 0 Å². The molecule has 38 heavy (non-hydrogen) atoms. The van der Waals surface area contributed by atoms with Gasteiger partial charge in [0.05, 0.1) is 22.2 Å². The van der Waals surface area contributed by atoms with E-state index in [4.69, 9.17) is 0 Å². The molecule has 1 aliphatic carbocycles. The molecule has 0 spiro atoms. The zero-order chi connectivity index (χ0) is 26.0. The van der Waals surface area contributed by atoms with Gasteiger partial charge in [-0.3, -0.25) is 19.5 Å². The van der Waals surface area contributed by atoms with Gasteiger partial charge in [0, 0.05) is 49.8 Å². The van der Waals surface area contributed by atoms with Crippen LogP contribution < -0.4 is 10.9 Å². The van der Waals surface area contributed by atoms with E-state index >= 15 is 0 Å². The maximum absolute atomic E-state index is 13.0. The standard InChI is InChI=1S/C25H24F2N8O2S/c26-25(27)35-11-15(9-30-35)18-12-34-24(38-18)19-21(32-34)20-17(31-23(19)37)7-14(8-29-20)22(36)28-5-6-33-10-13-1-3-16(33)4-2-13/h7-9,11-13,16,25H,1-6,10H2,(H,28,36)(H,31,37). The quantitative estimate of drug-likeness (QED) is 0.341. The molecule has 2 saturated heterocycles. The third-order valence-electron chi connectivity index (χ3n) is 7.76. The van der Waals surface area contributed by atoms with Crippen LogP contribution >= 0.6 is 11.3 Å². The number of piperidine rings is 2. The Balaban J connectivity index is 1.13. The van der Waals surface area contributed by atoms with Gasteiger partial charge in [-0.25, -0.2) is 9.20 Å². The van der Waals surface area contributed by atoms with E-state index in [1.165, 1.54) is 55.6 Å². The molecule has 5 aromatic heterocycles. The molecule has 196 valence electrons. The van der Waals surface area contributed by atoms with Crippen LogP contribution in [0.15, 0.2) is 35.6 Å². The number of carbonyl (C=O) groups excluding carboxylic acids is 1. The molecule has 5 aromatic rings. The van der Waals surface area contributed by atoms with Crippen molar-refractivity contribution in [3.05, 3.63) is 46.8 Å². The molecule has 8 rings (SSSR count). The minimum Gasteiger partial charge on any atom is -0.351 e. The normalized spacial score (nSPS) is 19.9. The van der Waals surface area contributed by atoms with Gasteiger partial charge in [-0.05, 0) is 37.7 Å². The van der Waals surface area contributed by atoms with E-state index in [-0.39, 0.29) is 11.5 Å². The average molecular weight is 539 g/mol. The van der Waals surface area contributed by atoms with Gasteiger partial charge in [0.2, 0.25) is 0 Å². The molecule has 10 nitrogen and oxygen atoms in total. The van der Waals surface area contributed by atoms with Gasteiger partial charge in [0.25, 0.3) is 11.5 Å². The largest absolute Gasteiger partial charge is 0.351 e. The second-order valence-corrected chi connectivity index (χ2v) is 11.1. The predicted molar refractivity (Wildman–Crippen MR) is 139 cm³/mol. The van der Waals surface area contributed by atoms with Crippen molar-refractivity contribution < 1.29 is 13.6 Å². The second kappa shape index (κ2) is 8.95. The number of H-pyrrole nitrogens is 1. The van der Waals surface area contributed by atoms with Crippen LogP contribution in [0.3, 0.4) is 0 Å². The van der Waals surface area contributed by atoms with Crippen LogP contribution in [-0.4, -0.2) is 65.8 Å². The molecule has 7 heterocycles. The number of carbonyl (C=O) groups is 1. The fourth-order valence-corrected chi connectivity index (χ4v) is 6.90. The summed E-state index contributed by atoms with van der Waals surface area (Å²) in [5.74, 6) is 0.561. The number of hydrogen-bond acceptors (Lipinski definition) is 7. The van der Waals surface area contributed by atoms with E-state index in [0.717, 1.165) is 19.0 Å². The van der Waals surface area contributed by atoms with E-state index in [9.17, 15) is 18.4 Å². The first-order chi connectivity index (χ1) is 18.4. The second-order valence-electron chi connectivity index (χ2n) is 10.1. The Morgan fingerprint density at radius 2 is 2.03 bits per heavy atom. The highest BCUT2D eigenvalue weighted by molar-refractivity contribution is 7.21. The van der Waals surface area contributed by atoms with Crippen molar-refractivity contribution in [2.45, 2.75) is 38.3 Å². The summed E-state index contributed by atoms with van der Waals surface area (Å²) in [4.78, 5) is 36.9. The fraction of sp³-hybridized carbons (Fsp3) is 0.400. The Kier molecular flexibility index (Phi) is 5.51. The summed E-state index contributed by atoms with van der Waals surface area (Å²) in [7, 11) is 0. The first-order valence-electron chi connectivity index (χ1n) is 12.6. The Labute approximate surface area is 218 Å². The van der Waals surface area contributed by atoms with Crippen molar-refractivity contribution in [2.75, 3.05) is 19.6 Å². The third-order valence-corrected chi connectivity index (χ3v) is 8.90. The van der Waals surface area contributed by atoms with Crippen molar-refractivity contribution in [1.29, 1.82) is 0 Å². The van der Waals surface area contributed by atoms with E-state index in [1.54, 1.807) is 16.8 Å². The number of nitrogens with one attached hydrogen (secondary N) is 2. The number of nitrogens with zero attached hydrogens (tertiary/aromatic N) is 6. The van der Waals surface area contributed by atoms with Crippen LogP contribution in [-0.2, 0) is 0 Å². The molecule has 1 amide bonds. The zero-order valence-corrected chi connectivity index (χ0v) is 21.0. The molecule has 0 aromatic carbocycles. The highest BCUT2D eigenvalue weighted by atomic mass is 32.1. The number of pyridine rings is 2. The Morgan fingerprint density at radius 1 is 1.18 bits per heavy atom. The van der Waals surface area contributed by atoms with Gasteiger partial charge in [0.15, 0.2) is 0 Å². The molecule has 0 unspecified atom stereocenters. The maximum atomic E-state index is 13.0. The molecule has 0 atom stereocenters. The van der Waals surface area contributed by atoms with Crippen LogP contribution in [0.1, 0.15) is 42.6 Å². The molecule has 2 aliphatic heterocycles. The average Bonchev–Trinajstić information content (AvgIpc) is 3.64. The first-order valence-corrected chi connectivity index (χ1v) is 13.4. The minimum absolute atomic E-state index is 0.234. The highest BCUT2D eigenvalue weighted by Crippen LogP contribution is 2.35. The lowest BCUT2D eigenvalue weighted by atomic mass is 9.80. The number of amides is 1. The van der Waals surface area contributed by atoms with Crippen LogP contribution in [0.5, 0.6) is 0 Å². The number of aromatic amines is 1. The Morgan fingerprint density at radius 3 is 2.76 bits per heavy atom. The summed E-state index contributed by atoms with van der Waals surface area (Å²) in [5, 5.41) is 11.6. The van der Waals surface area contributed by atoms with Crippen molar-refractivity contribution in [2.24, 2.45) is 5.92 Å². The topological polar surface area (TPSA) is 113 Å². The van der Waals surface area contributed by atoms with E-state index in [2.05, 4.69) is 30.4 Å². The number of alkyl halides is 2.